The minimum absolute atomic E-state index is 0.116. The summed E-state index contributed by atoms with van der Waals surface area (Å²) < 4.78 is 62.9. The first-order chi connectivity index (χ1) is 13.0. The molecule has 2 aromatic rings. The molecular formula is C18H15ClF3N3O2S. The van der Waals surface area contributed by atoms with E-state index in [1.807, 2.05) is 11.0 Å². The highest BCUT2D eigenvalue weighted by Gasteiger charge is 2.35. The van der Waals surface area contributed by atoms with Gasteiger partial charge in [0, 0.05) is 36.1 Å². The molecule has 0 saturated carbocycles. The van der Waals surface area contributed by atoms with E-state index in [0.717, 1.165) is 17.9 Å². The standard InChI is InChI=1S/C18H15ClF3N3O2S/c1-28(26,27)17-23-15(9-16(24-17)18(20,21)22)13-5-3-7-25(11-13)10-12-4-2-6-14(19)8-12/h2-6,8-9,11H,7,10H2,1H3. The van der Waals surface area contributed by atoms with Crippen LogP contribution in [0.15, 0.2) is 53.8 Å². The number of allylic oxidation sites excluding steroid dienone is 2. The zero-order valence-electron chi connectivity index (χ0n) is 14.6. The first kappa shape index (κ1) is 20.3. The third-order valence-electron chi connectivity index (χ3n) is 3.86. The highest BCUT2D eigenvalue weighted by Crippen LogP contribution is 2.31. The van der Waals surface area contributed by atoms with Gasteiger partial charge in [-0.25, -0.2) is 18.4 Å². The average Bonchev–Trinajstić information content (AvgIpc) is 2.60. The maximum Gasteiger partial charge on any atom is 0.433 e. The lowest BCUT2D eigenvalue weighted by atomic mass is 10.1. The van der Waals surface area contributed by atoms with Crippen molar-refractivity contribution in [1.29, 1.82) is 0 Å². The van der Waals surface area contributed by atoms with Crippen LogP contribution in [-0.4, -0.2) is 36.1 Å². The molecule has 10 heteroatoms. The van der Waals surface area contributed by atoms with Crippen LogP contribution in [0.4, 0.5) is 13.2 Å². The Labute approximate surface area is 165 Å². The Morgan fingerprint density at radius 3 is 2.61 bits per heavy atom. The molecule has 0 saturated heterocycles. The molecule has 0 aliphatic carbocycles. The van der Waals surface area contributed by atoms with Crippen molar-refractivity contribution in [2.45, 2.75) is 17.9 Å². The number of aromatic nitrogens is 2. The van der Waals surface area contributed by atoms with E-state index in [4.69, 9.17) is 11.6 Å². The highest BCUT2D eigenvalue weighted by atomic mass is 35.5. The second-order valence-electron chi connectivity index (χ2n) is 6.24. The van der Waals surface area contributed by atoms with E-state index in [-0.39, 0.29) is 5.69 Å². The summed E-state index contributed by atoms with van der Waals surface area (Å²) in [5.41, 5.74) is -0.144. The van der Waals surface area contributed by atoms with Crippen LogP contribution in [0.2, 0.25) is 5.02 Å². The zero-order chi connectivity index (χ0) is 20.5. The lowest BCUT2D eigenvalue weighted by Gasteiger charge is -2.23. The smallest absolute Gasteiger partial charge is 0.369 e. The Morgan fingerprint density at radius 1 is 1.21 bits per heavy atom. The normalized spacial score (nSPS) is 14.9. The number of hydrogen-bond acceptors (Lipinski definition) is 5. The zero-order valence-corrected chi connectivity index (χ0v) is 16.2. The molecule has 1 aromatic carbocycles. The number of nitrogens with zero attached hydrogens (tertiary/aromatic N) is 3. The van der Waals surface area contributed by atoms with Gasteiger partial charge in [-0.15, -0.1) is 0 Å². The monoisotopic (exact) mass is 429 g/mol. The fraction of sp³-hybridized carbons (Fsp3) is 0.222. The second-order valence-corrected chi connectivity index (χ2v) is 8.58. The molecule has 0 fully saturated rings. The molecule has 28 heavy (non-hydrogen) atoms. The van der Waals surface area contributed by atoms with Gasteiger partial charge in [-0.1, -0.05) is 35.9 Å². The van der Waals surface area contributed by atoms with Crippen molar-refractivity contribution < 1.29 is 21.6 Å². The molecule has 148 valence electrons. The molecular weight excluding hydrogens is 415 g/mol. The van der Waals surface area contributed by atoms with Crippen LogP contribution in [0.25, 0.3) is 5.57 Å². The van der Waals surface area contributed by atoms with Crippen LogP contribution in [-0.2, 0) is 22.6 Å². The third kappa shape index (κ3) is 4.90. The van der Waals surface area contributed by atoms with Crippen LogP contribution in [0, 0.1) is 0 Å². The molecule has 3 rings (SSSR count). The summed E-state index contributed by atoms with van der Waals surface area (Å²) in [5.74, 6) is 0. The Hall–Kier alpha value is -2.39. The average molecular weight is 430 g/mol. The quantitative estimate of drug-likeness (QED) is 0.688. The maximum atomic E-state index is 13.2. The predicted octanol–water partition coefficient (Wildman–Crippen LogP) is 3.97. The number of rotatable bonds is 4. The van der Waals surface area contributed by atoms with Crippen LogP contribution >= 0.6 is 11.6 Å². The fourth-order valence-corrected chi connectivity index (χ4v) is 3.36. The Morgan fingerprint density at radius 2 is 1.96 bits per heavy atom. The van der Waals surface area contributed by atoms with Crippen LogP contribution in [0.1, 0.15) is 17.0 Å². The molecule has 0 atom stereocenters. The molecule has 0 N–H and O–H groups in total. The van der Waals surface area contributed by atoms with Gasteiger partial charge in [-0.05, 0) is 23.8 Å². The largest absolute Gasteiger partial charge is 0.433 e. The second kappa shape index (κ2) is 7.56. The number of halogens is 4. The topological polar surface area (TPSA) is 63.2 Å². The number of hydrogen-bond donors (Lipinski definition) is 0. The minimum Gasteiger partial charge on any atom is -0.369 e. The Kier molecular flexibility index (Phi) is 5.49. The van der Waals surface area contributed by atoms with Gasteiger partial charge in [0.25, 0.3) is 0 Å². The number of alkyl halides is 3. The summed E-state index contributed by atoms with van der Waals surface area (Å²) >= 11 is 5.98. The molecule has 0 radical (unpaired) electrons. The third-order valence-corrected chi connectivity index (χ3v) is 4.94. The van der Waals surface area contributed by atoms with E-state index in [1.165, 1.54) is 0 Å². The Bertz CT molecular complexity index is 1070. The summed E-state index contributed by atoms with van der Waals surface area (Å²) in [7, 11) is -4.02. The van der Waals surface area contributed by atoms with Gasteiger partial charge in [-0.3, -0.25) is 0 Å². The first-order valence-electron chi connectivity index (χ1n) is 8.06. The molecule has 5 nitrogen and oxygen atoms in total. The van der Waals surface area contributed by atoms with Gasteiger partial charge in [-0.2, -0.15) is 13.2 Å². The molecule has 0 unspecified atom stereocenters. The summed E-state index contributed by atoms with van der Waals surface area (Å²) in [6, 6.07) is 7.97. The fourth-order valence-electron chi connectivity index (χ4n) is 2.62. The van der Waals surface area contributed by atoms with E-state index >= 15 is 0 Å². The van der Waals surface area contributed by atoms with Gasteiger partial charge in [0.2, 0.25) is 15.0 Å². The highest BCUT2D eigenvalue weighted by molar-refractivity contribution is 7.90. The lowest BCUT2D eigenvalue weighted by molar-refractivity contribution is -0.141. The molecule has 0 bridgehead atoms. The van der Waals surface area contributed by atoms with Gasteiger partial charge in [0.15, 0.2) is 0 Å². The number of benzene rings is 1. The first-order valence-corrected chi connectivity index (χ1v) is 10.3. The predicted molar refractivity (Wildman–Crippen MR) is 99.1 cm³/mol. The summed E-state index contributed by atoms with van der Waals surface area (Å²) in [4.78, 5) is 8.85. The van der Waals surface area contributed by atoms with E-state index in [0.29, 0.717) is 23.7 Å². The van der Waals surface area contributed by atoms with Crippen LogP contribution in [0.5, 0.6) is 0 Å². The summed E-state index contributed by atoms with van der Waals surface area (Å²) in [6.45, 7) is 1.01. The summed E-state index contributed by atoms with van der Waals surface area (Å²) in [6.07, 6.45) is 0.965. The van der Waals surface area contributed by atoms with Crippen molar-refractivity contribution in [2.75, 3.05) is 12.8 Å². The van der Waals surface area contributed by atoms with Crippen molar-refractivity contribution in [3.8, 4) is 0 Å². The van der Waals surface area contributed by atoms with Gasteiger partial charge < -0.3 is 4.90 Å². The minimum atomic E-state index is -4.80. The molecule has 1 aromatic heterocycles. The molecule has 1 aliphatic heterocycles. The van der Waals surface area contributed by atoms with Crippen molar-refractivity contribution in [1.82, 2.24) is 14.9 Å². The van der Waals surface area contributed by atoms with Crippen molar-refractivity contribution in [3.63, 3.8) is 0 Å². The maximum absolute atomic E-state index is 13.2. The lowest BCUT2D eigenvalue weighted by Crippen LogP contribution is -2.20. The van der Waals surface area contributed by atoms with E-state index in [2.05, 4.69) is 9.97 Å². The molecule has 0 spiro atoms. The van der Waals surface area contributed by atoms with E-state index in [1.54, 1.807) is 36.6 Å². The van der Waals surface area contributed by atoms with E-state index < -0.39 is 26.9 Å². The van der Waals surface area contributed by atoms with Gasteiger partial charge in [0.1, 0.15) is 5.69 Å². The van der Waals surface area contributed by atoms with Crippen LogP contribution in [0.3, 0.4) is 0 Å². The number of sulfone groups is 1. The van der Waals surface area contributed by atoms with Gasteiger partial charge in [0.05, 0.1) is 5.69 Å². The molecule has 1 aliphatic rings. The van der Waals surface area contributed by atoms with Crippen LogP contribution < -0.4 is 0 Å². The van der Waals surface area contributed by atoms with Crippen molar-refractivity contribution >= 4 is 27.0 Å². The van der Waals surface area contributed by atoms with Gasteiger partial charge >= 0.3 is 6.18 Å². The summed E-state index contributed by atoms with van der Waals surface area (Å²) in [5, 5.41) is -0.281. The van der Waals surface area contributed by atoms with Crippen molar-refractivity contribution in [3.05, 3.63) is 70.7 Å². The Balaban J connectivity index is 1.99. The van der Waals surface area contributed by atoms with E-state index in [9.17, 15) is 21.6 Å². The molecule has 0 amide bonds. The SMILES string of the molecule is CS(=O)(=O)c1nc(C2=CN(Cc3cccc(Cl)c3)CC=C2)cc(C(F)(F)F)n1. The molecule has 2 heterocycles. The van der Waals surface area contributed by atoms with Crippen molar-refractivity contribution in [2.24, 2.45) is 0 Å².